The number of rotatable bonds is 6. The third-order valence-corrected chi connectivity index (χ3v) is 5.66. The molecule has 0 aliphatic carbocycles. The van der Waals surface area contributed by atoms with E-state index < -0.39 is 50.5 Å². The van der Waals surface area contributed by atoms with E-state index in [1.54, 1.807) is 13.8 Å². The fraction of sp³-hybridized carbons (Fsp3) is 0.500. The average molecular weight is 372 g/mol. The second-order valence-corrected chi connectivity index (χ2v) is 8.06. The fourth-order valence-electron chi connectivity index (χ4n) is 2.72. The Labute approximate surface area is 145 Å². The van der Waals surface area contributed by atoms with Gasteiger partial charge in [-0.1, -0.05) is 26.0 Å². The van der Waals surface area contributed by atoms with Gasteiger partial charge in [0.15, 0.2) is 0 Å². The number of sulfonamides is 1. The number of nitrogens with one attached hydrogen (secondary N) is 1. The van der Waals surface area contributed by atoms with Gasteiger partial charge in [0.2, 0.25) is 15.9 Å². The lowest BCUT2D eigenvalue weighted by Crippen LogP contribution is -2.50. The van der Waals surface area contributed by atoms with E-state index in [1.165, 1.54) is 17.0 Å². The highest BCUT2D eigenvalue weighted by Gasteiger charge is 2.37. The quantitative estimate of drug-likeness (QED) is 0.777. The number of aliphatic carboxylic acids is 1. The Morgan fingerprint density at radius 3 is 2.48 bits per heavy atom. The number of likely N-dealkylation sites (tertiary alicyclic amines) is 1. The first kappa shape index (κ1) is 19.3. The lowest BCUT2D eigenvalue weighted by molar-refractivity contribution is -0.141. The molecule has 1 aromatic carbocycles. The Balaban J connectivity index is 2.20. The number of carbonyl (C=O) groups is 2. The molecule has 1 aromatic rings. The number of hydrogen-bond donors (Lipinski definition) is 2. The molecule has 1 heterocycles. The maximum Gasteiger partial charge on any atom is 0.308 e. The molecule has 1 saturated heterocycles. The molecule has 138 valence electrons. The fourth-order valence-corrected chi connectivity index (χ4v) is 4.14. The number of amides is 1. The first-order valence-electron chi connectivity index (χ1n) is 7.92. The van der Waals surface area contributed by atoms with Gasteiger partial charge < -0.3 is 10.0 Å². The molecule has 0 spiro atoms. The Morgan fingerprint density at radius 1 is 1.32 bits per heavy atom. The second kappa shape index (κ2) is 7.49. The minimum atomic E-state index is -4.23. The van der Waals surface area contributed by atoms with Gasteiger partial charge in [0, 0.05) is 13.1 Å². The summed E-state index contributed by atoms with van der Waals surface area (Å²) in [5.41, 5.74) is 0. The van der Waals surface area contributed by atoms with Crippen LogP contribution in [0.25, 0.3) is 0 Å². The molecule has 9 heteroatoms. The van der Waals surface area contributed by atoms with Gasteiger partial charge >= 0.3 is 5.97 Å². The molecule has 2 atom stereocenters. The van der Waals surface area contributed by atoms with Crippen molar-refractivity contribution in [3.8, 4) is 0 Å². The Bertz CT molecular complexity index is 766. The standard InChI is InChI=1S/C16H21FN2O5S/c1-10(2)14(15(20)19-8-7-11(9-19)16(21)22)18-25(23,24)13-6-4-3-5-12(13)17/h3-6,10-11,14,18H,7-9H2,1-2H3,(H,21,22). The third-order valence-electron chi connectivity index (χ3n) is 4.19. The molecule has 1 aliphatic heterocycles. The van der Waals surface area contributed by atoms with E-state index in [0.717, 1.165) is 12.1 Å². The monoisotopic (exact) mass is 372 g/mol. The summed E-state index contributed by atoms with van der Waals surface area (Å²) in [5, 5.41) is 9.04. The number of carbonyl (C=O) groups excluding carboxylic acids is 1. The summed E-state index contributed by atoms with van der Waals surface area (Å²) in [6.45, 7) is 3.62. The van der Waals surface area contributed by atoms with E-state index in [0.29, 0.717) is 6.42 Å². The van der Waals surface area contributed by atoms with Gasteiger partial charge in [-0.15, -0.1) is 0 Å². The molecule has 1 amide bonds. The molecule has 0 saturated carbocycles. The molecule has 7 nitrogen and oxygen atoms in total. The molecule has 25 heavy (non-hydrogen) atoms. The summed E-state index contributed by atoms with van der Waals surface area (Å²) in [6, 6.07) is 3.81. The van der Waals surface area contributed by atoms with Crippen LogP contribution in [0.3, 0.4) is 0 Å². The number of halogens is 1. The van der Waals surface area contributed by atoms with Crippen LogP contribution in [0.1, 0.15) is 20.3 Å². The molecule has 2 N–H and O–H groups in total. The van der Waals surface area contributed by atoms with Crippen LogP contribution in [0.5, 0.6) is 0 Å². The van der Waals surface area contributed by atoms with Crippen molar-refractivity contribution in [2.75, 3.05) is 13.1 Å². The topological polar surface area (TPSA) is 104 Å². The zero-order valence-electron chi connectivity index (χ0n) is 14.0. The number of hydrogen-bond acceptors (Lipinski definition) is 4. The molecule has 0 aromatic heterocycles. The SMILES string of the molecule is CC(C)C(NS(=O)(=O)c1ccccc1F)C(=O)N1CCC(C(=O)O)C1. The van der Waals surface area contributed by atoms with Crippen LogP contribution in [0.15, 0.2) is 29.2 Å². The van der Waals surface area contributed by atoms with Crippen LogP contribution in [-0.2, 0) is 19.6 Å². The Hall–Kier alpha value is -2.00. The highest BCUT2D eigenvalue weighted by molar-refractivity contribution is 7.89. The number of carboxylic acid groups (broad SMARTS) is 1. The van der Waals surface area contributed by atoms with Crippen LogP contribution < -0.4 is 4.72 Å². The molecule has 1 aliphatic rings. The average Bonchev–Trinajstić information content (AvgIpc) is 3.02. The third kappa shape index (κ3) is 4.35. The summed E-state index contributed by atoms with van der Waals surface area (Å²) in [6.07, 6.45) is 0.325. The summed E-state index contributed by atoms with van der Waals surface area (Å²) in [7, 11) is -4.23. The molecule has 2 rings (SSSR count). The lowest BCUT2D eigenvalue weighted by atomic mass is 10.0. The van der Waals surface area contributed by atoms with Crippen LogP contribution in [-0.4, -0.2) is 49.4 Å². The van der Waals surface area contributed by atoms with E-state index in [1.807, 2.05) is 0 Å². The van der Waals surface area contributed by atoms with E-state index in [9.17, 15) is 22.4 Å². The minimum absolute atomic E-state index is 0.0405. The predicted molar refractivity (Wildman–Crippen MR) is 87.7 cm³/mol. The Morgan fingerprint density at radius 2 is 1.96 bits per heavy atom. The van der Waals surface area contributed by atoms with E-state index >= 15 is 0 Å². The van der Waals surface area contributed by atoms with Crippen molar-refractivity contribution in [2.24, 2.45) is 11.8 Å². The molecule has 0 bridgehead atoms. The van der Waals surface area contributed by atoms with Crippen molar-refractivity contribution in [3.63, 3.8) is 0 Å². The van der Waals surface area contributed by atoms with Crippen LogP contribution in [0.2, 0.25) is 0 Å². The van der Waals surface area contributed by atoms with Gasteiger partial charge in [-0.3, -0.25) is 9.59 Å². The van der Waals surface area contributed by atoms with Crippen molar-refractivity contribution >= 4 is 21.9 Å². The van der Waals surface area contributed by atoms with Crippen molar-refractivity contribution in [1.82, 2.24) is 9.62 Å². The normalized spacial score (nSPS) is 19.2. The van der Waals surface area contributed by atoms with Gasteiger partial charge in [-0.05, 0) is 24.5 Å². The largest absolute Gasteiger partial charge is 0.481 e. The van der Waals surface area contributed by atoms with Crippen LogP contribution in [0.4, 0.5) is 4.39 Å². The minimum Gasteiger partial charge on any atom is -0.481 e. The zero-order chi connectivity index (χ0) is 18.8. The summed E-state index contributed by atoms with van der Waals surface area (Å²) < 4.78 is 41.0. The van der Waals surface area contributed by atoms with Gasteiger partial charge in [0.25, 0.3) is 0 Å². The van der Waals surface area contributed by atoms with Gasteiger partial charge in [0.1, 0.15) is 16.8 Å². The second-order valence-electron chi connectivity index (χ2n) is 6.38. The van der Waals surface area contributed by atoms with E-state index in [-0.39, 0.29) is 13.1 Å². The van der Waals surface area contributed by atoms with Crippen molar-refractivity contribution in [1.29, 1.82) is 0 Å². The van der Waals surface area contributed by atoms with Crippen molar-refractivity contribution < 1.29 is 27.5 Å². The van der Waals surface area contributed by atoms with E-state index in [2.05, 4.69) is 4.72 Å². The number of carboxylic acids is 1. The highest BCUT2D eigenvalue weighted by Crippen LogP contribution is 2.21. The van der Waals surface area contributed by atoms with E-state index in [4.69, 9.17) is 5.11 Å². The molecule has 1 fully saturated rings. The number of nitrogens with zero attached hydrogens (tertiary/aromatic N) is 1. The summed E-state index contributed by atoms with van der Waals surface area (Å²) in [4.78, 5) is 24.5. The smallest absolute Gasteiger partial charge is 0.308 e. The van der Waals surface area contributed by atoms with Gasteiger partial charge in [0.05, 0.1) is 5.92 Å². The van der Waals surface area contributed by atoms with Crippen LogP contribution in [0, 0.1) is 17.7 Å². The maximum atomic E-state index is 13.8. The van der Waals surface area contributed by atoms with Gasteiger partial charge in [-0.25, -0.2) is 12.8 Å². The first-order chi connectivity index (χ1) is 11.6. The molecule has 0 radical (unpaired) electrons. The molecule has 2 unspecified atom stereocenters. The summed E-state index contributed by atoms with van der Waals surface area (Å²) in [5.74, 6) is -3.43. The highest BCUT2D eigenvalue weighted by atomic mass is 32.2. The first-order valence-corrected chi connectivity index (χ1v) is 9.40. The lowest BCUT2D eigenvalue weighted by Gasteiger charge is -2.26. The van der Waals surface area contributed by atoms with Gasteiger partial charge in [-0.2, -0.15) is 4.72 Å². The van der Waals surface area contributed by atoms with Crippen molar-refractivity contribution in [2.45, 2.75) is 31.2 Å². The van der Waals surface area contributed by atoms with Crippen molar-refractivity contribution in [3.05, 3.63) is 30.1 Å². The summed E-state index contributed by atoms with van der Waals surface area (Å²) >= 11 is 0. The molecular formula is C16H21FN2O5S. The predicted octanol–water partition coefficient (Wildman–Crippen LogP) is 1.06. The molecular weight excluding hydrogens is 351 g/mol. The zero-order valence-corrected chi connectivity index (χ0v) is 14.8. The Kier molecular flexibility index (Phi) is 5.79. The van der Waals surface area contributed by atoms with Crippen LogP contribution >= 0.6 is 0 Å². The maximum absolute atomic E-state index is 13.8. The number of benzene rings is 1.